The molecule has 1 fully saturated rings. The van der Waals surface area contributed by atoms with Crippen LogP contribution in [-0.4, -0.2) is 19.3 Å². The zero-order valence-electron chi connectivity index (χ0n) is 11.4. The van der Waals surface area contributed by atoms with Gasteiger partial charge in [0.15, 0.2) is 0 Å². The second-order valence-electron chi connectivity index (χ2n) is 5.64. The largest absolute Gasteiger partial charge is 0.378 e. The molecule has 0 bridgehead atoms. The summed E-state index contributed by atoms with van der Waals surface area (Å²) in [5.74, 6) is 0. The summed E-state index contributed by atoms with van der Waals surface area (Å²) in [6.07, 6.45) is 2.32. The van der Waals surface area contributed by atoms with Gasteiger partial charge in [0.1, 0.15) is 0 Å². The Morgan fingerprint density at radius 1 is 1.21 bits per heavy atom. The Hall–Kier alpha value is -1.38. The smallest absolute Gasteiger partial charge is 0.0619 e. The Labute approximate surface area is 114 Å². The molecule has 1 aliphatic rings. The normalized spacial score (nSPS) is 26.9. The van der Waals surface area contributed by atoms with E-state index in [9.17, 15) is 0 Å². The van der Waals surface area contributed by atoms with Crippen LogP contribution in [0.5, 0.6) is 0 Å². The molecule has 2 unspecified atom stereocenters. The van der Waals surface area contributed by atoms with Crippen LogP contribution in [0.25, 0.3) is 10.8 Å². The average molecular weight is 255 g/mol. The van der Waals surface area contributed by atoms with Crippen LogP contribution in [-0.2, 0) is 11.2 Å². The van der Waals surface area contributed by atoms with Gasteiger partial charge in [-0.3, -0.25) is 0 Å². The monoisotopic (exact) mass is 255 g/mol. The first kappa shape index (κ1) is 12.6. The molecule has 1 saturated heterocycles. The summed E-state index contributed by atoms with van der Waals surface area (Å²) >= 11 is 0. The number of hydrogen-bond acceptors (Lipinski definition) is 2. The number of hydrogen-bond donors (Lipinski definition) is 1. The highest BCUT2D eigenvalue weighted by molar-refractivity contribution is 5.85. The molecule has 0 radical (unpaired) electrons. The summed E-state index contributed by atoms with van der Waals surface area (Å²) in [5, 5.41) is 2.65. The van der Waals surface area contributed by atoms with Crippen LogP contribution < -0.4 is 5.73 Å². The Balaban J connectivity index is 2.01. The molecule has 2 N–H and O–H groups in total. The highest BCUT2D eigenvalue weighted by Crippen LogP contribution is 2.38. The quantitative estimate of drug-likeness (QED) is 0.914. The van der Waals surface area contributed by atoms with Crippen molar-refractivity contribution < 1.29 is 4.74 Å². The Kier molecular flexibility index (Phi) is 3.29. The molecule has 2 atom stereocenters. The van der Waals surface area contributed by atoms with Crippen molar-refractivity contribution in [2.75, 3.05) is 13.2 Å². The van der Waals surface area contributed by atoms with Crippen LogP contribution in [0.1, 0.15) is 18.9 Å². The minimum Gasteiger partial charge on any atom is -0.378 e. The van der Waals surface area contributed by atoms with Gasteiger partial charge in [-0.15, -0.1) is 0 Å². The van der Waals surface area contributed by atoms with Crippen molar-refractivity contribution in [3.63, 3.8) is 0 Å². The molecular weight excluding hydrogens is 234 g/mol. The van der Waals surface area contributed by atoms with E-state index in [4.69, 9.17) is 10.5 Å². The maximum absolute atomic E-state index is 6.07. The molecule has 100 valence electrons. The number of fused-ring (bicyclic) bond motifs is 1. The van der Waals surface area contributed by atoms with Crippen molar-refractivity contribution in [3.05, 3.63) is 48.0 Å². The molecular formula is C17H21NO. The number of rotatable bonds is 3. The maximum atomic E-state index is 6.07. The highest BCUT2D eigenvalue weighted by Gasteiger charge is 2.40. The first-order valence-corrected chi connectivity index (χ1v) is 7.03. The third-order valence-corrected chi connectivity index (χ3v) is 4.66. The van der Waals surface area contributed by atoms with Gasteiger partial charge in [0.2, 0.25) is 0 Å². The van der Waals surface area contributed by atoms with E-state index in [2.05, 4.69) is 49.4 Å². The molecule has 0 saturated carbocycles. The molecule has 0 aliphatic carbocycles. The molecule has 3 rings (SSSR count). The van der Waals surface area contributed by atoms with Crippen molar-refractivity contribution in [2.24, 2.45) is 11.1 Å². The summed E-state index contributed by atoms with van der Waals surface area (Å²) in [6, 6.07) is 15.1. The lowest BCUT2D eigenvalue weighted by atomic mass is 9.75. The Morgan fingerprint density at radius 3 is 2.74 bits per heavy atom. The summed E-state index contributed by atoms with van der Waals surface area (Å²) in [4.78, 5) is 0. The van der Waals surface area contributed by atoms with Gasteiger partial charge in [0.25, 0.3) is 0 Å². The fourth-order valence-corrected chi connectivity index (χ4v) is 3.22. The van der Waals surface area contributed by atoms with Gasteiger partial charge in [-0.25, -0.2) is 0 Å². The topological polar surface area (TPSA) is 35.2 Å². The van der Waals surface area contributed by atoms with Crippen LogP contribution in [0, 0.1) is 5.41 Å². The highest BCUT2D eigenvalue weighted by atomic mass is 16.5. The molecule has 2 heteroatoms. The van der Waals surface area contributed by atoms with Crippen molar-refractivity contribution in [1.29, 1.82) is 0 Å². The van der Waals surface area contributed by atoms with Crippen molar-refractivity contribution >= 4 is 10.8 Å². The van der Waals surface area contributed by atoms with Gasteiger partial charge in [-0.05, 0) is 36.1 Å². The molecule has 0 aromatic heterocycles. The fourth-order valence-electron chi connectivity index (χ4n) is 3.22. The maximum Gasteiger partial charge on any atom is 0.0619 e. The van der Waals surface area contributed by atoms with Gasteiger partial charge in [-0.1, -0.05) is 42.5 Å². The van der Waals surface area contributed by atoms with Gasteiger partial charge >= 0.3 is 0 Å². The van der Waals surface area contributed by atoms with Crippen LogP contribution in [0.2, 0.25) is 0 Å². The molecule has 0 amide bonds. The first-order chi connectivity index (χ1) is 9.25. The summed E-state index contributed by atoms with van der Waals surface area (Å²) in [6.45, 7) is 3.69. The number of benzene rings is 2. The summed E-state index contributed by atoms with van der Waals surface area (Å²) < 4.78 is 5.76. The van der Waals surface area contributed by atoms with E-state index < -0.39 is 0 Å². The fraction of sp³-hybridized carbons (Fsp3) is 0.412. The van der Waals surface area contributed by atoms with Gasteiger partial charge in [0, 0.05) is 18.6 Å². The molecule has 1 aliphatic heterocycles. The lowest BCUT2D eigenvalue weighted by molar-refractivity contribution is 0.0675. The third kappa shape index (κ3) is 2.15. The van der Waals surface area contributed by atoms with E-state index >= 15 is 0 Å². The first-order valence-electron chi connectivity index (χ1n) is 7.03. The van der Waals surface area contributed by atoms with Crippen LogP contribution in [0.15, 0.2) is 42.5 Å². The van der Waals surface area contributed by atoms with E-state index in [0.29, 0.717) is 6.54 Å². The second-order valence-corrected chi connectivity index (χ2v) is 5.64. The minimum absolute atomic E-state index is 0.101. The number of nitrogens with two attached hydrogens (primary N) is 1. The standard InChI is InChI=1S/C17H21NO/c1-13-17(12-18,9-10-19-13)11-15-7-4-6-14-5-2-3-8-16(14)15/h2-8,13H,9-12,18H2,1H3. The molecule has 2 nitrogen and oxygen atoms in total. The molecule has 19 heavy (non-hydrogen) atoms. The van der Waals surface area contributed by atoms with E-state index in [1.54, 1.807) is 0 Å². The zero-order valence-corrected chi connectivity index (χ0v) is 11.4. The van der Waals surface area contributed by atoms with Gasteiger partial charge < -0.3 is 10.5 Å². The third-order valence-electron chi connectivity index (χ3n) is 4.66. The van der Waals surface area contributed by atoms with Crippen molar-refractivity contribution in [1.82, 2.24) is 0 Å². The summed E-state index contributed by atoms with van der Waals surface area (Å²) in [5.41, 5.74) is 7.56. The lowest BCUT2D eigenvalue weighted by Gasteiger charge is -2.31. The van der Waals surface area contributed by atoms with Crippen molar-refractivity contribution in [2.45, 2.75) is 25.9 Å². The van der Waals surface area contributed by atoms with Crippen LogP contribution in [0.4, 0.5) is 0 Å². The van der Waals surface area contributed by atoms with E-state index in [0.717, 1.165) is 19.4 Å². The van der Waals surface area contributed by atoms with Gasteiger partial charge in [-0.2, -0.15) is 0 Å². The minimum atomic E-state index is 0.101. The Morgan fingerprint density at radius 2 is 2.00 bits per heavy atom. The van der Waals surface area contributed by atoms with E-state index in [1.165, 1.54) is 16.3 Å². The average Bonchev–Trinajstić information content (AvgIpc) is 2.81. The summed E-state index contributed by atoms with van der Waals surface area (Å²) in [7, 11) is 0. The lowest BCUT2D eigenvalue weighted by Crippen LogP contribution is -2.38. The predicted octanol–water partition coefficient (Wildman–Crippen LogP) is 3.14. The SMILES string of the molecule is CC1OCCC1(CN)Cc1cccc2ccccc12. The van der Waals surface area contributed by atoms with E-state index in [1.807, 2.05) is 0 Å². The molecule has 2 aromatic carbocycles. The van der Waals surface area contributed by atoms with E-state index in [-0.39, 0.29) is 11.5 Å². The van der Waals surface area contributed by atoms with Crippen LogP contribution >= 0.6 is 0 Å². The molecule has 0 spiro atoms. The second kappa shape index (κ2) is 4.95. The molecule has 2 aromatic rings. The molecule has 1 heterocycles. The number of ether oxygens (including phenoxy) is 1. The van der Waals surface area contributed by atoms with Crippen molar-refractivity contribution in [3.8, 4) is 0 Å². The van der Waals surface area contributed by atoms with Gasteiger partial charge in [0.05, 0.1) is 6.10 Å². The zero-order chi connectivity index (χ0) is 13.3. The van der Waals surface area contributed by atoms with Crippen LogP contribution in [0.3, 0.4) is 0 Å². The Bertz CT molecular complexity index is 575. The predicted molar refractivity (Wildman–Crippen MR) is 79.2 cm³/mol.